The van der Waals surface area contributed by atoms with Crippen molar-refractivity contribution in [3.63, 3.8) is 0 Å². The van der Waals surface area contributed by atoms with Crippen molar-refractivity contribution in [3.8, 4) is 0 Å². The van der Waals surface area contributed by atoms with Crippen LogP contribution in [0.2, 0.25) is 0 Å². The zero-order valence-corrected chi connectivity index (χ0v) is 10.1. The summed E-state index contributed by atoms with van der Waals surface area (Å²) in [5.41, 5.74) is 6.14. The highest BCUT2D eigenvalue weighted by atomic mass is 19.1. The summed E-state index contributed by atoms with van der Waals surface area (Å²) in [7, 11) is 0. The Morgan fingerprint density at radius 1 is 1.56 bits per heavy atom. The number of hydrogen-bond acceptors (Lipinski definition) is 3. The van der Waals surface area contributed by atoms with Crippen molar-refractivity contribution >= 4 is 5.84 Å². The molecule has 3 N–H and O–H groups in total. The normalized spacial score (nSPS) is 19.1. The standard InChI is InChI=1S/C13H17FN2O2/c14-12-6-9(13(15)16)3-4-10(12)7-17-8-11-2-1-5-18-11/h3-4,6,11H,1-2,5,7-8H2,(H3,15,16). The Hall–Kier alpha value is -1.46. The van der Waals surface area contributed by atoms with E-state index < -0.39 is 5.82 Å². The van der Waals surface area contributed by atoms with Crippen LogP contribution in [0.25, 0.3) is 0 Å². The molecule has 0 spiro atoms. The van der Waals surface area contributed by atoms with Gasteiger partial charge in [0.2, 0.25) is 0 Å². The average molecular weight is 252 g/mol. The third-order valence-corrected chi connectivity index (χ3v) is 2.95. The van der Waals surface area contributed by atoms with Crippen molar-refractivity contribution in [1.29, 1.82) is 5.41 Å². The van der Waals surface area contributed by atoms with Crippen LogP contribution < -0.4 is 5.73 Å². The fourth-order valence-corrected chi connectivity index (χ4v) is 1.91. The van der Waals surface area contributed by atoms with Crippen molar-refractivity contribution in [2.75, 3.05) is 13.2 Å². The first-order chi connectivity index (χ1) is 8.66. The molecule has 2 rings (SSSR count). The molecule has 1 aliphatic heterocycles. The van der Waals surface area contributed by atoms with Gasteiger partial charge in [0.15, 0.2) is 0 Å². The molecule has 0 radical (unpaired) electrons. The molecule has 0 aromatic heterocycles. The van der Waals surface area contributed by atoms with Crippen LogP contribution in [0, 0.1) is 11.2 Å². The largest absolute Gasteiger partial charge is 0.384 e. The van der Waals surface area contributed by atoms with Gasteiger partial charge in [-0.05, 0) is 18.9 Å². The van der Waals surface area contributed by atoms with Gasteiger partial charge >= 0.3 is 0 Å². The molecule has 1 aromatic rings. The Morgan fingerprint density at radius 2 is 2.39 bits per heavy atom. The van der Waals surface area contributed by atoms with E-state index in [0.717, 1.165) is 19.4 Å². The number of nitrogens with two attached hydrogens (primary N) is 1. The molecule has 1 saturated heterocycles. The monoisotopic (exact) mass is 252 g/mol. The van der Waals surface area contributed by atoms with Crippen LogP contribution in [0.5, 0.6) is 0 Å². The Bertz CT molecular complexity index is 431. The molecule has 1 atom stereocenters. The topological polar surface area (TPSA) is 68.3 Å². The van der Waals surface area contributed by atoms with Crippen molar-refractivity contribution in [2.45, 2.75) is 25.6 Å². The highest BCUT2D eigenvalue weighted by Gasteiger charge is 2.15. The van der Waals surface area contributed by atoms with E-state index in [9.17, 15) is 4.39 Å². The lowest BCUT2D eigenvalue weighted by atomic mass is 10.1. The predicted molar refractivity (Wildman–Crippen MR) is 66.0 cm³/mol. The lowest BCUT2D eigenvalue weighted by Gasteiger charge is -2.11. The molecule has 0 saturated carbocycles. The van der Waals surface area contributed by atoms with E-state index in [1.165, 1.54) is 6.07 Å². The second kappa shape index (κ2) is 5.93. The third-order valence-electron chi connectivity index (χ3n) is 2.95. The van der Waals surface area contributed by atoms with Gasteiger partial charge in [-0.3, -0.25) is 5.41 Å². The van der Waals surface area contributed by atoms with Gasteiger partial charge in [0, 0.05) is 17.7 Å². The van der Waals surface area contributed by atoms with Gasteiger partial charge in [-0.25, -0.2) is 4.39 Å². The number of nitrogen functional groups attached to an aromatic ring is 1. The quantitative estimate of drug-likeness (QED) is 0.620. The minimum atomic E-state index is -0.393. The summed E-state index contributed by atoms with van der Waals surface area (Å²) in [4.78, 5) is 0. The van der Waals surface area contributed by atoms with Crippen LogP contribution in [-0.2, 0) is 16.1 Å². The molecule has 0 aliphatic carbocycles. The molecular weight excluding hydrogens is 235 g/mol. The molecule has 1 heterocycles. The van der Waals surface area contributed by atoms with Crippen LogP contribution in [0.1, 0.15) is 24.0 Å². The molecule has 18 heavy (non-hydrogen) atoms. The van der Waals surface area contributed by atoms with Crippen molar-refractivity contribution in [3.05, 3.63) is 35.1 Å². The molecule has 1 fully saturated rings. The molecule has 98 valence electrons. The fourth-order valence-electron chi connectivity index (χ4n) is 1.91. The minimum Gasteiger partial charge on any atom is -0.384 e. The van der Waals surface area contributed by atoms with Crippen molar-refractivity contribution in [1.82, 2.24) is 0 Å². The second-order valence-electron chi connectivity index (χ2n) is 4.37. The number of hydrogen-bond donors (Lipinski definition) is 2. The highest BCUT2D eigenvalue weighted by molar-refractivity contribution is 5.94. The number of amidine groups is 1. The fraction of sp³-hybridized carbons (Fsp3) is 0.462. The maximum absolute atomic E-state index is 13.6. The number of halogens is 1. The van der Waals surface area contributed by atoms with Crippen molar-refractivity contribution in [2.24, 2.45) is 5.73 Å². The van der Waals surface area contributed by atoms with Gasteiger partial charge in [0.25, 0.3) is 0 Å². The Morgan fingerprint density at radius 3 is 3.00 bits per heavy atom. The predicted octanol–water partition coefficient (Wildman–Crippen LogP) is 1.81. The summed E-state index contributed by atoms with van der Waals surface area (Å²) >= 11 is 0. The van der Waals surface area contributed by atoms with Gasteiger partial charge in [0.05, 0.1) is 19.3 Å². The minimum absolute atomic E-state index is 0.138. The number of nitrogens with one attached hydrogen (secondary N) is 1. The van der Waals surface area contributed by atoms with E-state index in [0.29, 0.717) is 17.7 Å². The molecule has 1 aromatic carbocycles. The smallest absolute Gasteiger partial charge is 0.129 e. The first kappa shape index (κ1) is 13.0. The molecule has 0 bridgehead atoms. The summed E-state index contributed by atoms with van der Waals surface area (Å²) in [6, 6.07) is 4.48. The second-order valence-corrected chi connectivity index (χ2v) is 4.37. The Labute approximate surface area is 105 Å². The SMILES string of the molecule is N=C(N)c1ccc(COCC2CCCO2)c(F)c1. The molecule has 5 heteroatoms. The van der Waals surface area contributed by atoms with E-state index in [4.69, 9.17) is 20.6 Å². The van der Waals surface area contributed by atoms with Gasteiger partial charge in [-0.2, -0.15) is 0 Å². The maximum Gasteiger partial charge on any atom is 0.129 e. The van der Waals surface area contributed by atoms with Crippen LogP contribution in [0.15, 0.2) is 18.2 Å². The maximum atomic E-state index is 13.6. The van der Waals surface area contributed by atoms with Crippen LogP contribution >= 0.6 is 0 Å². The summed E-state index contributed by atoms with van der Waals surface area (Å²) in [6.07, 6.45) is 2.21. The van der Waals surface area contributed by atoms with Gasteiger partial charge in [0.1, 0.15) is 11.7 Å². The Kier molecular flexibility index (Phi) is 4.28. The van der Waals surface area contributed by atoms with Crippen molar-refractivity contribution < 1.29 is 13.9 Å². The van der Waals surface area contributed by atoms with Crippen LogP contribution in [0.3, 0.4) is 0 Å². The molecular formula is C13H17FN2O2. The molecule has 0 amide bonds. The van der Waals surface area contributed by atoms with Crippen LogP contribution in [-0.4, -0.2) is 25.2 Å². The van der Waals surface area contributed by atoms with E-state index in [2.05, 4.69) is 0 Å². The third kappa shape index (κ3) is 3.27. The molecule has 1 unspecified atom stereocenters. The lowest BCUT2D eigenvalue weighted by Crippen LogP contribution is -2.14. The lowest BCUT2D eigenvalue weighted by molar-refractivity contribution is 0.00982. The van der Waals surface area contributed by atoms with Gasteiger partial charge < -0.3 is 15.2 Å². The Balaban J connectivity index is 1.87. The number of benzene rings is 1. The van der Waals surface area contributed by atoms with E-state index in [1.807, 2.05) is 0 Å². The first-order valence-electron chi connectivity index (χ1n) is 5.99. The van der Waals surface area contributed by atoms with E-state index in [1.54, 1.807) is 12.1 Å². The zero-order chi connectivity index (χ0) is 13.0. The first-order valence-corrected chi connectivity index (χ1v) is 5.99. The van der Waals surface area contributed by atoms with Gasteiger partial charge in [-0.15, -0.1) is 0 Å². The molecule has 4 nitrogen and oxygen atoms in total. The number of ether oxygens (including phenoxy) is 2. The zero-order valence-electron chi connectivity index (χ0n) is 10.1. The summed E-state index contributed by atoms with van der Waals surface area (Å²) in [5.74, 6) is -0.532. The van der Waals surface area contributed by atoms with E-state index in [-0.39, 0.29) is 18.5 Å². The molecule has 1 aliphatic rings. The highest BCUT2D eigenvalue weighted by Crippen LogP contribution is 2.15. The summed E-state index contributed by atoms with van der Waals surface area (Å²) in [6.45, 7) is 1.49. The summed E-state index contributed by atoms with van der Waals surface area (Å²) in [5, 5.41) is 7.22. The van der Waals surface area contributed by atoms with E-state index >= 15 is 0 Å². The van der Waals surface area contributed by atoms with Gasteiger partial charge in [-0.1, -0.05) is 12.1 Å². The van der Waals surface area contributed by atoms with Crippen LogP contribution in [0.4, 0.5) is 4.39 Å². The average Bonchev–Trinajstić information content (AvgIpc) is 2.84. The number of rotatable bonds is 5. The summed E-state index contributed by atoms with van der Waals surface area (Å²) < 4.78 is 24.5.